The lowest BCUT2D eigenvalue weighted by Gasteiger charge is -2.08. The Balaban J connectivity index is 1.67. The highest BCUT2D eigenvalue weighted by atomic mass is 32.2. The predicted molar refractivity (Wildman–Crippen MR) is 78.4 cm³/mol. The number of hydrogen-bond acceptors (Lipinski definition) is 5. The van der Waals surface area contributed by atoms with Gasteiger partial charge in [-0.1, -0.05) is 0 Å². The van der Waals surface area contributed by atoms with Gasteiger partial charge in [-0.2, -0.15) is 16.9 Å². The van der Waals surface area contributed by atoms with Crippen LogP contribution < -0.4 is 11.1 Å². The zero-order valence-corrected chi connectivity index (χ0v) is 11.9. The smallest absolute Gasteiger partial charge is 0.261 e. The standard InChI is InChI=1S/C12H14N4OS2/c13-11-8(5-15-16-11)4-14-12(17)10-3-7-6-18-2-1-9(7)19-10/h3,5H,1-2,4,6H2,(H,14,17)(H3,13,15,16). The molecular weight excluding hydrogens is 280 g/mol. The van der Waals surface area contributed by atoms with Gasteiger partial charge in [-0.05, 0) is 23.8 Å². The zero-order valence-electron chi connectivity index (χ0n) is 10.2. The SMILES string of the molecule is Nc1[nH]ncc1CNC(=O)c1cc2c(s1)CCSC2. The van der Waals surface area contributed by atoms with Gasteiger partial charge in [0.2, 0.25) is 0 Å². The minimum Gasteiger partial charge on any atom is -0.384 e. The first-order valence-electron chi connectivity index (χ1n) is 5.99. The molecule has 1 aliphatic rings. The van der Waals surface area contributed by atoms with Crippen LogP contribution in [0.15, 0.2) is 12.3 Å². The van der Waals surface area contributed by atoms with Gasteiger partial charge < -0.3 is 11.1 Å². The molecule has 7 heteroatoms. The predicted octanol–water partition coefficient (Wildman–Crippen LogP) is 1.77. The van der Waals surface area contributed by atoms with E-state index in [1.807, 2.05) is 17.8 Å². The Morgan fingerprint density at radius 1 is 1.58 bits per heavy atom. The van der Waals surface area contributed by atoms with E-state index in [-0.39, 0.29) is 5.91 Å². The van der Waals surface area contributed by atoms with Crippen LogP contribution in [0.25, 0.3) is 0 Å². The van der Waals surface area contributed by atoms with Crippen molar-refractivity contribution in [2.75, 3.05) is 11.5 Å². The summed E-state index contributed by atoms with van der Waals surface area (Å²) < 4.78 is 0. The van der Waals surface area contributed by atoms with E-state index in [1.165, 1.54) is 10.4 Å². The summed E-state index contributed by atoms with van der Waals surface area (Å²) in [6.07, 6.45) is 2.71. The number of aromatic amines is 1. The molecule has 1 aliphatic heterocycles. The van der Waals surface area contributed by atoms with E-state index >= 15 is 0 Å². The summed E-state index contributed by atoms with van der Waals surface area (Å²) in [7, 11) is 0. The molecule has 0 aromatic carbocycles. The number of fused-ring (bicyclic) bond motifs is 1. The van der Waals surface area contributed by atoms with E-state index in [4.69, 9.17) is 5.73 Å². The summed E-state index contributed by atoms with van der Waals surface area (Å²) in [5, 5.41) is 9.35. The molecule has 3 heterocycles. The molecule has 0 unspecified atom stereocenters. The molecule has 0 bridgehead atoms. The van der Waals surface area contributed by atoms with Gasteiger partial charge in [0.05, 0.1) is 11.1 Å². The maximum absolute atomic E-state index is 12.1. The number of amides is 1. The lowest BCUT2D eigenvalue weighted by atomic mass is 10.2. The number of nitrogen functional groups attached to an aromatic ring is 1. The molecule has 0 saturated heterocycles. The van der Waals surface area contributed by atoms with Gasteiger partial charge in [0.1, 0.15) is 5.82 Å². The lowest BCUT2D eigenvalue weighted by Crippen LogP contribution is -2.22. The van der Waals surface area contributed by atoms with Crippen LogP contribution in [0.5, 0.6) is 0 Å². The first-order valence-corrected chi connectivity index (χ1v) is 7.96. The molecule has 0 radical (unpaired) electrons. The summed E-state index contributed by atoms with van der Waals surface area (Å²) in [5.74, 6) is 2.64. The zero-order chi connectivity index (χ0) is 13.2. The fourth-order valence-electron chi connectivity index (χ4n) is 1.98. The van der Waals surface area contributed by atoms with Crippen molar-refractivity contribution in [2.45, 2.75) is 18.7 Å². The highest BCUT2D eigenvalue weighted by Crippen LogP contribution is 2.31. The van der Waals surface area contributed by atoms with Crippen molar-refractivity contribution in [2.24, 2.45) is 0 Å². The van der Waals surface area contributed by atoms with Crippen LogP contribution in [-0.2, 0) is 18.7 Å². The van der Waals surface area contributed by atoms with Crippen molar-refractivity contribution < 1.29 is 4.79 Å². The Labute approximate surface area is 119 Å². The molecule has 2 aromatic heterocycles. The molecule has 0 spiro atoms. The average Bonchev–Trinajstić information content (AvgIpc) is 3.01. The summed E-state index contributed by atoms with van der Waals surface area (Å²) >= 11 is 3.53. The van der Waals surface area contributed by atoms with Crippen LogP contribution in [0.4, 0.5) is 5.82 Å². The quantitative estimate of drug-likeness (QED) is 0.805. The van der Waals surface area contributed by atoms with E-state index in [0.717, 1.165) is 28.4 Å². The van der Waals surface area contributed by atoms with Gasteiger partial charge in [0.15, 0.2) is 0 Å². The van der Waals surface area contributed by atoms with Crippen molar-refractivity contribution in [1.82, 2.24) is 15.5 Å². The molecule has 0 saturated carbocycles. The molecule has 3 rings (SSSR count). The van der Waals surface area contributed by atoms with Crippen molar-refractivity contribution in [3.05, 3.63) is 33.1 Å². The molecule has 0 aliphatic carbocycles. The lowest BCUT2D eigenvalue weighted by molar-refractivity contribution is 0.0955. The van der Waals surface area contributed by atoms with E-state index in [9.17, 15) is 4.79 Å². The monoisotopic (exact) mass is 294 g/mol. The van der Waals surface area contributed by atoms with Crippen LogP contribution in [0, 0.1) is 0 Å². The fourth-order valence-corrected chi connectivity index (χ4v) is 4.27. The number of aromatic nitrogens is 2. The number of carbonyl (C=O) groups excluding carboxylic acids is 1. The van der Waals surface area contributed by atoms with Gasteiger partial charge >= 0.3 is 0 Å². The van der Waals surface area contributed by atoms with Crippen LogP contribution in [0.3, 0.4) is 0 Å². The molecule has 1 amide bonds. The number of anilines is 1. The number of rotatable bonds is 3. The highest BCUT2D eigenvalue weighted by molar-refractivity contribution is 7.98. The van der Waals surface area contributed by atoms with Gasteiger partial charge in [0.25, 0.3) is 5.91 Å². The number of aryl methyl sites for hydroxylation is 1. The molecule has 0 atom stereocenters. The summed E-state index contributed by atoms with van der Waals surface area (Å²) in [6, 6.07) is 2.01. The topological polar surface area (TPSA) is 83.8 Å². The number of carbonyl (C=O) groups is 1. The number of thiophene rings is 1. The number of nitrogens with one attached hydrogen (secondary N) is 2. The van der Waals surface area contributed by atoms with Crippen LogP contribution in [0.1, 0.15) is 25.7 Å². The van der Waals surface area contributed by atoms with Crippen LogP contribution in [0.2, 0.25) is 0 Å². The molecular formula is C12H14N4OS2. The minimum absolute atomic E-state index is 0.0370. The van der Waals surface area contributed by atoms with E-state index < -0.39 is 0 Å². The van der Waals surface area contributed by atoms with Gasteiger partial charge in [-0.25, -0.2) is 0 Å². The highest BCUT2D eigenvalue weighted by Gasteiger charge is 2.17. The van der Waals surface area contributed by atoms with Crippen molar-refractivity contribution >= 4 is 34.8 Å². The van der Waals surface area contributed by atoms with Crippen molar-refractivity contribution in [1.29, 1.82) is 0 Å². The first kappa shape index (κ1) is 12.6. The van der Waals surface area contributed by atoms with E-state index in [2.05, 4.69) is 15.5 Å². The minimum atomic E-state index is -0.0370. The number of thioether (sulfide) groups is 1. The van der Waals surface area contributed by atoms with Gasteiger partial charge in [-0.3, -0.25) is 9.89 Å². The maximum Gasteiger partial charge on any atom is 0.261 e. The van der Waals surface area contributed by atoms with E-state index in [1.54, 1.807) is 17.5 Å². The third-order valence-corrected chi connectivity index (χ3v) is 5.29. The molecule has 100 valence electrons. The second-order valence-electron chi connectivity index (χ2n) is 4.35. The Kier molecular flexibility index (Phi) is 3.48. The maximum atomic E-state index is 12.1. The molecule has 19 heavy (non-hydrogen) atoms. The van der Waals surface area contributed by atoms with Gasteiger partial charge in [0, 0.05) is 22.7 Å². The second-order valence-corrected chi connectivity index (χ2v) is 6.60. The molecule has 0 fully saturated rings. The Hall–Kier alpha value is -1.47. The molecule has 4 N–H and O–H groups in total. The average molecular weight is 294 g/mol. The van der Waals surface area contributed by atoms with Crippen LogP contribution >= 0.6 is 23.1 Å². The third kappa shape index (κ3) is 2.62. The summed E-state index contributed by atoms with van der Waals surface area (Å²) in [6.45, 7) is 0.401. The van der Waals surface area contributed by atoms with Crippen LogP contribution in [-0.4, -0.2) is 21.9 Å². The number of hydrogen-bond donors (Lipinski definition) is 3. The number of nitrogens with zero attached hydrogens (tertiary/aromatic N) is 1. The van der Waals surface area contributed by atoms with E-state index in [0.29, 0.717) is 12.4 Å². The Morgan fingerprint density at radius 3 is 3.21 bits per heavy atom. The fraction of sp³-hybridized carbons (Fsp3) is 0.333. The summed E-state index contributed by atoms with van der Waals surface area (Å²) in [5.41, 5.74) is 7.80. The first-order chi connectivity index (χ1) is 9.24. The largest absolute Gasteiger partial charge is 0.384 e. The van der Waals surface area contributed by atoms with Crippen molar-refractivity contribution in [3.63, 3.8) is 0 Å². The second kappa shape index (κ2) is 5.26. The number of nitrogens with two attached hydrogens (primary N) is 1. The Morgan fingerprint density at radius 2 is 2.47 bits per heavy atom. The van der Waals surface area contributed by atoms with Crippen molar-refractivity contribution in [3.8, 4) is 0 Å². The Bertz CT molecular complexity index is 581. The molecule has 2 aromatic rings. The molecule has 5 nitrogen and oxygen atoms in total. The number of H-pyrrole nitrogens is 1. The summed E-state index contributed by atoms with van der Waals surface area (Å²) in [4.78, 5) is 14.2. The van der Waals surface area contributed by atoms with Gasteiger partial charge in [-0.15, -0.1) is 11.3 Å². The third-order valence-electron chi connectivity index (χ3n) is 3.04. The normalized spacial score (nSPS) is 14.1.